The van der Waals surface area contributed by atoms with Crippen molar-refractivity contribution in [2.75, 3.05) is 0 Å². The first-order chi connectivity index (χ1) is 9.81. The summed E-state index contributed by atoms with van der Waals surface area (Å²) in [6.07, 6.45) is 5.24. The van der Waals surface area contributed by atoms with Crippen LogP contribution in [0.25, 0.3) is 0 Å². The maximum absolute atomic E-state index is 14.0. The first-order valence-electron chi connectivity index (χ1n) is 6.96. The Hall–Kier alpha value is -1.78. The van der Waals surface area contributed by atoms with E-state index in [1.807, 2.05) is 18.2 Å². The van der Waals surface area contributed by atoms with Crippen molar-refractivity contribution in [3.63, 3.8) is 0 Å². The Morgan fingerprint density at radius 2 is 2.00 bits per heavy atom. The van der Waals surface area contributed by atoms with E-state index in [0.717, 1.165) is 5.56 Å². The summed E-state index contributed by atoms with van der Waals surface area (Å²) in [5, 5.41) is 0. The van der Waals surface area contributed by atoms with Crippen molar-refractivity contribution in [3.05, 3.63) is 65.2 Å². The lowest BCUT2D eigenvalue weighted by Crippen LogP contribution is -2.31. The average molecular weight is 271 g/mol. The van der Waals surface area contributed by atoms with Crippen LogP contribution in [0.2, 0.25) is 0 Å². The van der Waals surface area contributed by atoms with Crippen molar-refractivity contribution in [3.8, 4) is 0 Å². The number of hydrogen-bond acceptors (Lipinski definition) is 3. The Morgan fingerprint density at radius 3 is 2.65 bits per heavy atom. The predicted octanol–water partition coefficient (Wildman–Crippen LogP) is 3.04. The van der Waals surface area contributed by atoms with Crippen LogP contribution in [0.3, 0.4) is 0 Å². The smallest absolute Gasteiger partial charge is 0.146 e. The summed E-state index contributed by atoms with van der Waals surface area (Å²) in [5.41, 5.74) is 5.35. The lowest BCUT2D eigenvalue weighted by molar-refractivity contribution is 0.413. The van der Waals surface area contributed by atoms with Gasteiger partial charge in [-0.2, -0.15) is 0 Å². The standard InChI is InChI=1S/C16H18FN3/c17-14-9-4-10-19-16(14)15(20-18)13-8-2-1-7-12(13)11-5-3-6-11/h1-2,4,7-11,15,20H,3,5-6,18H2. The lowest BCUT2D eigenvalue weighted by Gasteiger charge is -2.30. The van der Waals surface area contributed by atoms with Crippen LogP contribution in [0, 0.1) is 5.82 Å². The Balaban J connectivity index is 2.03. The molecule has 104 valence electrons. The number of halogens is 1. The SMILES string of the molecule is NNC(c1ccccc1C1CCC1)c1ncccc1F. The zero-order chi connectivity index (χ0) is 13.9. The maximum atomic E-state index is 14.0. The number of nitrogens with zero attached hydrogens (tertiary/aromatic N) is 1. The van der Waals surface area contributed by atoms with Crippen molar-refractivity contribution in [2.45, 2.75) is 31.2 Å². The maximum Gasteiger partial charge on any atom is 0.146 e. The Kier molecular flexibility index (Phi) is 3.76. The minimum Gasteiger partial charge on any atom is -0.271 e. The fourth-order valence-electron chi connectivity index (χ4n) is 2.79. The van der Waals surface area contributed by atoms with E-state index in [2.05, 4.69) is 16.5 Å². The number of rotatable bonds is 4. The molecule has 1 heterocycles. The van der Waals surface area contributed by atoms with Gasteiger partial charge in [-0.1, -0.05) is 30.7 Å². The molecule has 1 aliphatic carbocycles. The molecule has 0 bridgehead atoms. The van der Waals surface area contributed by atoms with Gasteiger partial charge in [-0.05, 0) is 42.0 Å². The van der Waals surface area contributed by atoms with Gasteiger partial charge >= 0.3 is 0 Å². The van der Waals surface area contributed by atoms with Crippen molar-refractivity contribution in [1.82, 2.24) is 10.4 Å². The van der Waals surface area contributed by atoms with Gasteiger partial charge in [0.05, 0.1) is 11.7 Å². The number of hydrazine groups is 1. The van der Waals surface area contributed by atoms with E-state index in [0.29, 0.717) is 11.6 Å². The quantitative estimate of drug-likeness (QED) is 0.664. The van der Waals surface area contributed by atoms with Crippen LogP contribution in [0.1, 0.15) is 48.0 Å². The van der Waals surface area contributed by atoms with E-state index in [-0.39, 0.29) is 5.82 Å². The van der Waals surface area contributed by atoms with E-state index in [9.17, 15) is 4.39 Å². The van der Waals surface area contributed by atoms with Crippen LogP contribution in [0.5, 0.6) is 0 Å². The molecule has 3 nitrogen and oxygen atoms in total. The van der Waals surface area contributed by atoms with Crippen LogP contribution in [0.15, 0.2) is 42.6 Å². The summed E-state index contributed by atoms with van der Waals surface area (Å²) in [6, 6.07) is 10.7. The molecule has 1 saturated carbocycles. The van der Waals surface area contributed by atoms with E-state index >= 15 is 0 Å². The minimum absolute atomic E-state index is 0.334. The summed E-state index contributed by atoms with van der Waals surface area (Å²) < 4.78 is 14.0. The zero-order valence-corrected chi connectivity index (χ0v) is 11.2. The van der Waals surface area contributed by atoms with Crippen LogP contribution in [-0.4, -0.2) is 4.98 Å². The molecule has 1 atom stereocenters. The summed E-state index contributed by atoms with van der Waals surface area (Å²) in [4.78, 5) is 4.15. The van der Waals surface area contributed by atoms with Gasteiger partial charge in [0.15, 0.2) is 0 Å². The summed E-state index contributed by atoms with van der Waals surface area (Å²) in [7, 11) is 0. The second-order valence-corrected chi connectivity index (χ2v) is 5.23. The van der Waals surface area contributed by atoms with Crippen LogP contribution in [-0.2, 0) is 0 Å². The van der Waals surface area contributed by atoms with E-state index in [4.69, 9.17) is 5.84 Å². The third kappa shape index (κ3) is 2.32. The van der Waals surface area contributed by atoms with Gasteiger partial charge in [-0.15, -0.1) is 0 Å². The van der Waals surface area contributed by atoms with Crippen molar-refractivity contribution in [1.29, 1.82) is 0 Å². The van der Waals surface area contributed by atoms with E-state index < -0.39 is 6.04 Å². The fourth-order valence-corrected chi connectivity index (χ4v) is 2.79. The topological polar surface area (TPSA) is 50.9 Å². The molecule has 0 spiro atoms. The number of nitrogens with one attached hydrogen (secondary N) is 1. The van der Waals surface area contributed by atoms with Gasteiger partial charge in [0, 0.05) is 6.20 Å². The number of pyridine rings is 1. The first kappa shape index (κ1) is 13.2. The molecule has 1 fully saturated rings. The van der Waals surface area contributed by atoms with Gasteiger partial charge in [0.25, 0.3) is 0 Å². The number of hydrogen-bond donors (Lipinski definition) is 2. The summed E-state index contributed by atoms with van der Waals surface area (Å²) >= 11 is 0. The Bertz CT molecular complexity index is 596. The number of nitrogens with two attached hydrogens (primary N) is 1. The number of benzene rings is 1. The molecule has 20 heavy (non-hydrogen) atoms. The molecule has 2 aromatic rings. The molecule has 3 N–H and O–H groups in total. The molecule has 1 aromatic carbocycles. The molecule has 3 rings (SSSR count). The molecule has 4 heteroatoms. The second-order valence-electron chi connectivity index (χ2n) is 5.23. The molecule has 0 amide bonds. The molecule has 0 saturated heterocycles. The van der Waals surface area contributed by atoms with E-state index in [1.165, 1.54) is 30.9 Å². The zero-order valence-electron chi connectivity index (χ0n) is 11.2. The molecule has 0 aliphatic heterocycles. The predicted molar refractivity (Wildman–Crippen MR) is 76.4 cm³/mol. The van der Waals surface area contributed by atoms with Crippen LogP contribution < -0.4 is 11.3 Å². The van der Waals surface area contributed by atoms with Gasteiger partial charge in [-0.3, -0.25) is 10.8 Å². The highest BCUT2D eigenvalue weighted by atomic mass is 19.1. The van der Waals surface area contributed by atoms with Gasteiger partial charge < -0.3 is 0 Å². The van der Waals surface area contributed by atoms with Crippen molar-refractivity contribution in [2.24, 2.45) is 5.84 Å². The third-order valence-electron chi connectivity index (χ3n) is 4.08. The molecule has 1 aromatic heterocycles. The van der Waals surface area contributed by atoms with Gasteiger partial charge in [0.1, 0.15) is 5.82 Å². The molecule has 1 aliphatic rings. The Morgan fingerprint density at radius 1 is 1.20 bits per heavy atom. The highest BCUT2D eigenvalue weighted by Gasteiger charge is 2.26. The monoisotopic (exact) mass is 271 g/mol. The summed E-state index contributed by atoms with van der Waals surface area (Å²) in [6.45, 7) is 0. The first-order valence-corrected chi connectivity index (χ1v) is 6.96. The van der Waals surface area contributed by atoms with Gasteiger partial charge in [0.2, 0.25) is 0 Å². The van der Waals surface area contributed by atoms with Gasteiger partial charge in [-0.25, -0.2) is 9.82 Å². The van der Waals surface area contributed by atoms with Crippen molar-refractivity contribution >= 4 is 0 Å². The summed E-state index contributed by atoms with van der Waals surface area (Å²) in [5.74, 6) is 5.91. The Labute approximate surface area is 118 Å². The molecule has 1 unspecified atom stereocenters. The minimum atomic E-state index is -0.409. The average Bonchev–Trinajstić information content (AvgIpc) is 2.41. The molecular formula is C16H18FN3. The number of aromatic nitrogens is 1. The van der Waals surface area contributed by atoms with Crippen molar-refractivity contribution < 1.29 is 4.39 Å². The highest BCUT2D eigenvalue weighted by molar-refractivity contribution is 5.38. The highest BCUT2D eigenvalue weighted by Crippen LogP contribution is 2.40. The second kappa shape index (κ2) is 5.69. The van der Waals surface area contributed by atoms with Crippen LogP contribution >= 0.6 is 0 Å². The largest absolute Gasteiger partial charge is 0.271 e. The van der Waals surface area contributed by atoms with E-state index in [1.54, 1.807) is 12.3 Å². The third-order valence-corrected chi connectivity index (χ3v) is 4.08. The van der Waals surface area contributed by atoms with Crippen LogP contribution in [0.4, 0.5) is 4.39 Å². The molecular weight excluding hydrogens is 253 g/mol. The normalized spacial score (nSPS) is 16.7. The molecule has 0 radical (unpaired) electrons. The lowest BCUT2D eigenvalue weighted by atomic mass is 9.77. The fraction of sp³-hybridized carbons (Fsp3) is 0.312.